The molecule has 0 radical (unpaired) electrons. The van der Waals surface area contributed by atoms with Gasteiger partial charge in [0.1, 0.15) is 11.0 Å². The van der Waals surface area contributed by atoms with Gasteiger partial charge in [0.05, 0.1) is 19.8 Å². The summed E-state index contributed by atoms with van der Waals surface area (Å²) in [7, 11) is -8.51. The molecule has 1 saturated heterocycles. The van der Waals surface area contributed by atoms with Gasteiger partial charge in [-0.05, 0) is 36.2 Å². The monoisotopic (exact) mass is 451 g/mol. The van der Waals surface area contributed by atoms with Crippen LogP contribution in [0.3, 0.4) is 0 Å². The summed E-state index contributed by atoms with van der Waals surface area (Å²) in [6, 6.07) is 12.2. The number of carbonyl (C=O) groups is 1. The molecule has 3 rings (SSSR count). The number of amides is 1. The summed E-state index contributed by atoms with van der Waals surface area (Å²) in [5.74, 6) is -0.374. The molecule has 1 heterocycles. The third kappa shape index (κ3) is 4.54. The van der Waals surface area contributed by atoms with Crippen LogP contribution in [0.1, 0.15) is 18.9 Å². The van der Waals surface area contributed by atoms with E-state index in [2.05, 4.69) is 0 Å². The third-order valence-electron chi connectivity index (χ3n) is 5.07. The Morgan fingerprint density at radius 1 is 1.00 bits per heavy atom. The summed E-state index contributed by atoms with van der Waals surface area (Å²) >= 11 is 0. The van der Waals surface area contributed by atoms with Gasteiger partial charge in [-0.15, -0.1) is 0 Å². The van der Waals surface area contributed by atoms with E-state index in [9.17, 15) is 24.2 Å². The lowest BCUT2D eigenvalue weighted by Gasteiger charge is -2.57. The fourth-order valence-electron chi connectivity index (χ4n) is 3.64. The van der Waals surface area contributed by atoms with E-state index in [1.54, 1.807) is 30.3 Å². The number of hydrogen-bond acceptors (Lipinski definition) is 3. The van der Waals surface area contributed by atoms with Crippen molar-refractivity contribution in [2.24, 2.45) is 0 Å². The van der Waals surface area contributed by atoms with Crippen molar-refractivity contribution in [3.8, 4) is 5.75 Å². The van der Waals surface area contributed by atoms with Crippen LogP contribution >= 0.6 is 10.2 Å². The van der Waals surface area contributed by atoms with Gasteiger partial charge in [-0.3, -0.25) is 4.79 Å². The zero-order chi connectivity index (χ0) is 22.2. The second-order valence-electron chi connectivity index (χ2n) is 7.09. The number of nitrogens with zero attached hydrogens (tertiary/aromatic N) is 1. The average Bonchev–Trinajstić information content (AvgIpc) is 2.67. The molecule has 2 aromatic carbocycles. The van der Waals surface area contributed by atoms with Crippen LogP contribution in [0, 0.1) is 0 Å². The molecule has 0 bridgehead atoms. The van der Waals surface area contributed by atoms with Gasteiger partial charge in [0.25, 0.3) is 16.1 Å². The fraction of sp³-hybridized carbons (Fsp3) is 0.350. The average molecular weight is 451 g/mol. The van der Waals surface area contributed by atoms with Crippen LogP contribution < -0.4 is 9.64 Å². The van der Waals surface area contributed by atoms with E-state index in [1.807, 2.05) is 0 Å². The SMILES string of the molecule is CCC([C@@H]1[C@H](OCc2ccccc2)C(=O)N1c1ccc(OC)cc1)S(F)(F)(F)(F)F. The van der Waals surface area contributed by atoms with Crippen molar-refractivity contribution in [1.29, 1.82) is 0 Å². The topological polar surface area (TPSA) is 38.8 Å². The molecule has 10 heteroatoms. The van der Waals surface area contributed by atoms with Gasteiger partial charge in [0, 0.05) is 5.69 Å². The second-order valence-corrected chi connectivity index (χ2v) is 9.75. The second kappa shape index (κ2) is 7.12. The van der Waals surface area contributed by atoms with Crippen molar-refractivity contribution in [2.45, 2.75) is 37.3 Å². The Balaban J connectivity index is 1.94. The maximum atomic E-state index is 13.8. The van der Waals surface area contributed by atoms with Crippen LogP contribution in [0.2, 0.25) is 0 Å². The third-order valence-corrected chi connectivity index (χ3v) is 6.82. The van der Waals surface area contributed by atoms with E-state index < -0.39 is 39.9 Å². The molecule has 1 unspecified atom stereocenters. The molecule has 1 fully saturated rings. The van der Waals surface area contributed by atoms with E-state index in [1.165, 1.54) is 31.4 Å². The number of benzene rings is 2. The number of ether oxygens (including phenoxy) is 2. The summed E-state index contributed by atoms with van der Waals surface area (Å²) in [4.78, 5) is 13.4. The highest BCUT2D eigenvalue weighted by molar-refractivity contribution is 8.46. The van der Waals surface area contributed by atoms with Crippen LogP contribution in [-0.2, 0) is 16.1 Å². The number of methoxy groups -OCH3 is 1. The van der Waals surface area contributed by atoms with Gasteiger partial charge in [0.2, 0.25) is 0 Å². The van der Waals surface area contributed by atoms with Crippen molar-refractivity contribution in [3.05, 3.63) is 60.2 Å². The van der Waals surface area contributed by atoms with E-state index >= 15 is 0 Å². The number of hydrogen-bond donors (Lipinski definition) is 0. The maximum Gasteiger partial charge on any atom is 0.290 e. The lowest BCUT2D eigenvalue weighted by atomic mass is 9.92. The molecule has 0 saturated carbocycles. The first-order valence-corrected chi connectivity index (χ1v) is 11.2. The smallest absolute Gasteiger partial charge is 0.290 e. The minimum atomic E-state index is -9.92. The molecule has 4 nitrogen and oxygen atoms in total. The van der Waals surface area contributed by atoms with Crippen LogP contribution in [0.25, 0.3) is 0 Å². The zero-order valence-electron chi connectivity index (χ0n) is 16.3. The number of β-lactam (4-membered cyclic amide) rings is 1. The predicted octanol–water partition coefficient (Wildman–Crippen LogP) is 6.07. The fourth-order valence-corrected chi connectivity index (χ4v) is 5.06. The minimum Gasteiger partial charge on any atom is -0.497 e. The normalized spacial score (nSPS) is 22.6. The van der Waals surface area contributed by atoms with Gasteiger partial charge in [-0.1, -0.05) is 56.7 Å². The number of carbonyl (C=O) groups excluding carboxylic acids is 1. The quantitative estimate of drug-likeness (QED) is 0.361. The number of rotatable bonds is 8. The van der Waals surface area contributed by atoms with Crippen LogP contribution in [0.5, 0.6) is 5.75 Å². The number of halogens is 5. The van der Waals surface area contributed by atoms with Crippen molar-refractivity contribution in [1.82, 2.24) is 0 Å². The van der Waals surface area contributed by atoms with Crippen molar-refractivity contribution in [3.63, 3.8) is 0 Å². The molecule has 0 aromatic heterocycles. The number of anilines is 1. The highest BCUT2D eigenvalue weighted by Crippen LogP contribution is 3.01. The molecule has 1 aliphatic rings. The molecule has 0 aliphatic carbocycles. The molecular weight excluding hydrogens is 429 g/mol. The summed E-state index contributed by atoms with van der Waals surface area (Å²) < 4.78 is 79.5. The predicted molar refractivity (Wildman–Crippen MR) is 106 cm³/mol. The van der Waals surface area contributed by atoms with Gasteiger partial charge >= 0.3 is 0 Å². The van der Waals surface area contributed by atoms with Crippen molar-refractivity contribution in [2.75, 3.05) is 12.0 Å². The first-order valence-electron chi connectivity index (χ1n) is 9.21. The summed E-state index contributed by atoms with van der Waals surface area (Å²) in [5, 5.41) is -2.99. The van der Waals surface area contributed by atoms with Crippen LogP contribution in [-0.4, -0.2) is 30.4 Å². The van der Waals surface area contributed by atoms with Gasteiger partial charge in [-0.2, -0.15) is 0 Å². The minimum absolute atomic E-state index is 0.0747. The summed E-state index contributed by atoms with van der Waals surface area (Å²) in [6.07, 6.45) is -2.51. The van der Waals surface area contributed by atoms with Gasteiger partial charge in [0.15, 0.2) is 6.10 Å². The lowest BCUT2D eigenvalue weighted by Crippen LogP contribution is -2.71. The van der Waals surface area contributed by atoms with E-state index in [0.29, 0.717) is 11.3 Å². The molecule has 0 N–H and O–H groups in total. The summed E-state index contributed by atoms with van der Waals surface area (Å²) in [5.41, 5.74) is 0.693. The van der Waals surface area contributed by atoms with E-state index in [-0.39, 0.29) is 12.3 Å². The summed E-state index contributed by atoms with van der Waals surface area (Å²) in [6.45, 7) is 0.868. The first kappa shape index (κ1) is 22.4. The molecule has 2 aromatic rings. The molecule has 0 spiro atoms. The molecule has 3 atom stereocenters. The van der Waals surface area contributed by atoms with Crippen LogP contribution in [0.4, 0.5) is 25.1 Å². The van der Waals surface area contributed by atoms with Gasteiger partial charge in [-0.25, -0.2) is 0 Å². The Morgan fingerprint density at radius 3 is 2.10 bits per heavy atom. The largest absolute Gasteiger partial charge is 0.497 e. The zero-order valence-corrected chi connectivity index (χ0v) is 17.1. The Bertz CT molecular complexity index is 906. The standard InChI is InChI=1S/C20H22F5NO3S/c1-3-17(30(21,22,23,24)25)18-19(29-13-14-7-5-4-6-8-14)20(27)26(18)15-9-11-16(28-2)12-10-15/h4-12,17-19H,3,13H2,1-2H3/t17?,18-,19+/m1/s1. The molecule has 1 amide bonds. The molecule has 166 valence electrons. The highest BCUT2D eigenvalue weighted by atomic mass is 32.5. The van der Waals surface area contributed by atoms with Crippen molar-refractivity contribution < 1.29 is 33.7 Å². The Morgan fingerprint density at radius 2 is 1.60 bits per heavy atom. The lowest BCUT2D eigenvalue weighted by molar-refractivity contribution is -0.143. The van der Waals surface area contributed by atoms with E-state index in [4.69, 9.17) is 9.47 Å². The molecular formula is C20H22F5NO3S. The Labute approximate surface area is 171 Å². The van der Waals surface area contributed by atoms with Crippen molar-refractivity contribution >= 4 is 21.8 Å². The van der Waals surface area contributed by atoms with Crippen LogP contribution in [0.15, 0.2) is 54.6 Å². The van der Waals surface area contributed by atoms with Gasteiger partial charge < -0.3 is 14.4 Å². The highest BCUT2D eigenvalue weighted by Gasteiger charge is 2.75. The maximum absolute atomic E-state index is 13.8. The molecule has 30 heavy (non-hydrogen) atoms. The Hall–Kier alpha value is -2.33. The van der Waals surface area contributed by atoms with E-state index in [0.717, 1.165) is 11.8 Å². The molecule has 1 aliphatic heterocycles. The first-order chi connectivity index (χ1) is 13.9. The Kier molecular flexibility index (Phi) is 5.31.